The van der Waals surface area contributed by atoms with Gasteiger partial charge in [0.1, 0.15) is 5.60 Å². The van der Waals surface area contributed by atoms with E-state index in [9.17, 15) is 4.79 Å². The minimum absolute atomic E-state index is 0.235. The number of carbonyl (C=O) groups is 1. The van der Waals surface area contributed by atoms with Crippen LogP contribution in [0.1, 0.15) is 27.2 Å². The van der Waals surface area contributed by atoms with E-state index in [2.05, 4.69) is 0 Å². The van der Waals surface area contributed by atoms with Crippen LogP contribution in [0.15, 0.2) is 0 Å². The van der Waals surface area contributed by atoms with Crippen LogP contribution in [-0.2, 0) is 33.2 Å². The van der Waals surface area contributed by atoms with Gasteiger partial charge in [-0.05, 0) is 20.8 Å². The van der Waals surface area contributed by atoms with E-state index in [1.165, 1.54) is 0 Å². The van der Waals surface area contributed by atoms with Crippen molar-refractivity contribution in [2.24, 2.45) is 22.6 Å². The van der Waals surface area contributed by atoms with Gasteiger partial charge >= 0.3 is 5.97 Å². The number of ether oxygens (including phenoxy) is 6. The summed E-state index contributed by atoms with van der Waals surface area (Å²) < 4.78 is 32.3. The highest BCUT2D eigenvalue weighted by molar-refractivity contribution is 5.69. The molecule has 0 atom stereocenters. The summed E-state index contributed by atoms with van der Waals surface area (Å²) in [7, 11) is 0. The summed E-state index contributed by atoms with van der Waals surface area (Å²) in [4.78, 5) is 11.5. The molecule has 0 aromatic carbocycles. The van der Waals surface area contributed by atoms with Gasteiger partial charge in [-0.15, -0.1) is 0 Å². The lowest BCUT2D eigenvalue weighted by Crippen LogP contribution is -2.47. The second-order valence-corrected chi connectivity index (χ2v) is 7.95. The fourth-order valence-electron chi connectivity index (χ4n) is 2.14. The number of carbonyl (C=O) groups excluding carboxylic acids is 1. The topological polar surface area (TPSA) is 151 Å². The lowest BCUT2D eigenvalue weighted by atomic mass is 9.89. The van der Waals surface area contributed by atoms with Crippen LogP contribution >= 0.6 is 0 Å². The average Bonchev–Trinajstić information content (AvgIpc) is 2.69. The van der Waals surface area contributed by atoms with Crippen LogP contribution in [0.25, 0.3) is 0 Å². The predicted molar refractivity (Wildman–Crippen MR) is 114 cm³/mol. The van der Waals surface area contributed by atoms with Crippen molar-refractivity contribution >= 4 is 5.97 Å². The maximum absolute atomic E-state index is 11.5. The van der Waals surface area contributed by atoms with Crippen molar-refractivity contribution in [1.29, 1.82) is 0 Å². The lowest BCUT2D eigenvalue weighted by Gasteiger charge is -2.28. The minimum atomic E-state index is -0.467. The molecule has 0 aliphatic heterocycles. The average molecular weight is 438 g/mol. The Balaban J connectivity index is 3.31. The molecule has 0 bridgehead atoms. The van der Waals surface area contributed by atoms with Crippen LogP contribution in [0.2, 0.25) is 0 Å². The summed E-state index contributed by atoms with van der Waals surface area (Å²) in [6, 6.07) is 0. The number of hydrogen-bond donors (Lipinski definition) is 3. The van der Waals surface area contributed by atoms with Crippen LogP contribution in [0.3, 0.4) is 0 Å². The normalized spacial score (nSPS) is 12.3. The molecule has 0 aliphatic carbocycles. The molecule has 0 aromatic rings. The maximum atomic E-state index is 11.5. The predicted octanol–water partition coefficient (Wildman–Crippen LogP) is -0.336. The first-order chi connectivity index (χ1) is 14.3. The van der Waals surface area contributed by atoms with Crippen LogP contribution in [0, 0.1) is 5.41 Å². The molecule has 0 radical (unpaired) electrons. The van der Waals surface area contributed by atoms with E-state index < -0.39 is 5.60 Å². The molecule has 6 N–H and O–H groups in total. The van der Waals surface area contributed by atoms with Gasteiger partial charge in [0.25, 0.3) is 0 Å². The number of esters is 1. The molecule has 0 heterocycles. The zero-order valence-electron chi connectivity index (χ0n) is 19.0. The zero-order valence-corrected chi connectivity index (χ0v) is 19.0. The smallest absolute Gasteiger partial charge is 0.308 e. The molecule has 0 fully saturated rings. The molecule has 10 heteroatoms. The molecule has 30 heavy (non-hydrogen) atoms. The minimum Gasteiger partial charge on any atom is -0.460 e. The Morgan fingerprint density at radius 3 is 1.37 bits per heavy atom. The van der Waals surface area contributed by atoms with E-state index in [-0.39, 0.29) is 17.8 Å². The fraction of sp³-hybridized carbons (Fsp3) is 0.950. The molecule has 0 aromatic heterocycles. The van der Waals surface area contributed by atoms with E-state index in [0.717, 1.165) is 0 Å². The molecule has 0 aliphatic rings. The van der Waals surface area contributed by atoms with Crippen molar-refractivity contribution in [3.63, 3.8) is 0 Å². The van der Waals surface area contributed by atoms with Crippen LogP contribution < -0.4 is 17.2 Å². The Morgan fingerprint density at radius 2 is 1.00 bits per heavy atom. The zero-order chi connectivity index (χ0) is 22.7. The fourth-order valence-corrected chi connectivity index (χ4v) is 2.14. The van der Waals surface area contributed by atoms with E-state index in [1.54, 1.807) is 0 Å². The molecular weight excluding hydrogens is 394 g/mol. The summed E-state index contributed by atoms with van der Waals surface area (Å²) in [6.45, 7) is 11.1. The Labute approximate surface area is 181 Å². The maximum Gasteiger partial charge on any atom is 0.308 e. The second kappa shape index (κ2) is 17.8. The first-order valence-electron chi connectivity index (χ1n) is 10.5. The molecular formula is C20H43N3O7. The Kier molecular flexibility index (Phi) is 17.3. The van der Waals surface area contributed by atoms with E-state index in [0.29, 0.717) is 85.7 Å². The third-order valence-corrected chi connectivity index (χ3v) is 4.07. The highest BCUT2D eigenvalue weighted by Crippen LogP contribution is 2.11. The highest BCUT2D eigenvalue weighted by atomic mass is 16.6. The highest BCUT2D eigenvalue weighted by Gasteiger charge is 2.25. The van der Waals surface area contributed by atoms with Gasteiger partial charge in [0.05, 0.1) is 72.5 Å². The van der Waals surface area contributed by atoms with Gasteiger partial charge in [-0.3, -0.25) is 4.79 Å². The van der Waals surface area contributed by atoms with Gasteiger partial charge in [0.15, 0.2) is 0 Å². The molecule has 180 valence electrons. The number of nitrogens with two attached hydrogens (primary N) is 3. The first kappa shape index (κ1) is 29.1. The quantitative estimate of drug-likeness (QED) is 0.170. The largest absolute Gasteiger partial charge is 0.460 e. The van der Waals surface area contributed by atoms with Crippen LogP contribution in [-0.4, -0.2) is 97.3 Å². The SMILES string of the molecule is CC(C)(C)OC(=O)CCOCCOCCOCCOCCOCC(CN)(CN)CN. The van der Waals surface area contributed by atoms with Crippen LogP contribution in [0.5, 0.6) is 0 Å². The third kappa shape index (κ3) is 16.9. The first-order valence-corrected chi connectivity index (χ1v) is 10.5. The van der Waals surface area contributed by atoms with Crippen molar-refractivity contribution in [2.45, 2.75) is 32.8 Å². The Bertz CT molecular complexity index is 407. The molecule has 0 amide bonds. The second-order valence-electron chi connectivity index (χ2n) is 7.95. The summed E-state index contributed by atoms with van der Waals surface area (Å²) in [6.07, 6.45) is 0.235. The van der Waals surface area contributed by atoms with Gasteiger partial charge in [-0.25, -0.2) is 0 Å². The van der Waals surface area contributed by atoms with Crippen molar-refractivity contribution in [2.75, 3.05) is 85.7 Å². The van der Waals surface area contributed by atoms with Crippen molar-refractivity contribution in [3.8, 4) is 0 Å². The monoisotopic (exact) mass is 437 g/mol. The molecule has 0 rings (SSSR count). The van der Waals surface area contributed by atoms with E-state index in [1.807, 2.05) is 20.8 Å². The standard InChI is InChI=1S/C20H43N3O7/c1-19(2,3)30-18(24)4-5-25-6-7-26-8-9-27-10-11-28-12-13-29-17-20(14-21,15-22)16-23/h4-17,21-23H2,1-3H3. The molecule has 0 saturated carbocycles. The van der Waals surface area contributed by atoms with E-state index >= 15 is 0 Å². The Morgan fingerprint density at radius 1 is 0.633 bits per heavy atom. The molecule has 0 saturated heterocycles. The number of hydrogen-bond acceptors (Lipinski definition) is 10. The summed E-state index contributed by atoms with van der Waals surface area (Å²) in [5.41, 5.74) is 16.3. The van der Waals surface area contributed by atoms with Gasteiger partial charge in [-0.1, -0.05) is 0 Å². The van der Waals surface area contributed by atoms with Crippen LogP contribution in [0.4, 0.5) is 0 Å². The Hall–Kier alpha value is -0.850. The van der Waals surface area contributed by atoms with Gasteiger partial charge in [-0.2, -0.15) is 0 Å². The van der Waals surface area contributed by atoms with Crippen molar-refractivity contribution < 1.29 is 33.2 Å². The summed E-state index contributed by atoms with van der Waals surface area (Å²) in [5.74, 6) is -0.264. The summed E-state index contributed by atoms with van der Waals surface area (Å²) in [5, 5.41) is 0. The van der Waals surface area contributed by atoms with Crippen molar-refractivity contribution in [3.05, 3.63) is 0 Å². The van der Waals surface area contributed by atoms with Gasteiger partial charge in [0, 0.05) is 25.0 Å². The number of rotatable bonds is 20. The summed E-state index contributed by atoms with van der Waals surface area (Å²) >= 11 is 0. The van der Waals surface area contributed by atoms with Gasteiger partial charge in [0.2, 0.25) is 0 Å². The molecule has 0 unspecified atom stereocenters. The third-order valence-electron chi connectivity index (χ3n) is 4.07. The molecule has 10 nitrogen and oxygen atoms in total. The van der Waals surface area contributed by atoms with Crippen molar-refractivity contribution in [1.82, 2.24) is 0 Å². The van der Waals surface area contributed by atoms with Gasteiger partial charge < -0.3 is 45.6 Å². The van der Waals surface area contributed by atoms with E-state index in [4.69, 9.17) is 45.6 Å². The molecule has 0 spiro atoms. The lowest BCUT2D eigenvalue weighted by molar-refractivity contribution is -0.156.